The Kier molecular flexibility index (Phi) is 5.43. The van der Waals surface area contributed by atoms with Crippen LogP contribution >= 0.6 is 0 Å². The zero-order valence-electron chi connectivity index (χ0n) is 14.5. The zero-order valence-corrected chi connectivity index (χ0v) is 14.5. The van der Waals surface area contributed by atoms with Gasteiger partial charge in [0.25, 0.3) is 11.8 Å². The van der Waals surface area contributed by atoms with Crippen LogP contribution in [-0.4, -0.2) is 35.6 Å². The second-order valence-electron chi connectivity index (χ2n) is 5.81. The van der Waals surface area contributed by atoms with Crippen LogP contribution in [0.2, 0.25) is 0 Å². The Labute approximate surface area is 151 Å². The molecule has 1 heterocycles. The standard InChI is InChI=1S/C20H20N4O2/c1-21-19(25)16-9-5-6-14(12-16)10-11-22-20(26)17-13-23-24-18(17)15-7-3-2-4-8-15/h2-9,12-13H,10-11H2,1H3,(H,21,25)(H,22,26)(H,23,24). The first-order chi connectivity index (χ1) is 12.7. The maximum absolute atomic E-state index is 12.5. The van der Waals surface area contributed by atoms with Gasteiger partial charge in [-0.3, -0.25) is 14.7 Å². The molecule has 0 fully saturated rings. The van der Waals surface area contributed by atoms with Crippen LogP contribution in [0, 0.1) is 0 Å². The number of carbonyl (C=O) groups excluding carboxylic acids is 2. The predicted octanol–water partition coefficient (Wildman–Crippen LogP) is 2.41. The minimum absolute atomic E-state index is 0.123. The monoisotopic (exact) mass is 348 g/mol. The Morgan fingerprint density at radius 2 is 1.85 bits per heavy atom. The van der Waals surface area contributed by atoms with E-state index >= 15 is 0 Å². The average molecular weight is 348 g/mol. The van der Waals surface area contributed by atoms with Crippen LogP contribution in [-0.2, 0) is 6.42 Å². The van der Waals surface area contributed by atoms with Crippen LogP contribution in [0.1, 0.15) is 26.3 Å². The normalized spacial score (nSPS) is 10.3. The summed E-state index contributed by atoms with van der Waals surface area (Å²) in [6.07, 6.45) is 2.17. The SMILES string of the molecule is CNC(=O)c1cccc(CCNC(=O)c2cn[nH]c2-c2ccccc2)c1. The number of hydrogen-bond acceptors (Lipinski definition) is 3. The molecule has 132 valence electrons. The summed E-state index contributed by atoms with van der Waals surface area (Å²) in [5.74, 6) is -0.304. The van der Waals surface area contributed by atoms with E-state index in [9.17, 15) is 9.59 Å². The quantitative estimate of drug-likeness (QED) is 0.639. The maximum Gasteiger partial charge on any atom is 0.255 e. The molecular weight excluding hydrogens is 328 g/mol. The van der Waals surface area contributed by atoms with Crippen molar-refractivity contribution in [1.29, 1.82) is 0 Å². The summed E-state index contributed by atoms with van der Waals surface area (Å²) < 4.78 is 0. The van der Waals surface area contributed by atoms with E-state index in [0.717, 1.165) is 11.1 Å². The number of nitrogens with one attached hydrogen (secondary N) is 3. The molecule has 0 saturated heterocycles. The Morgan fingerprint density at radius 1 is 1.04 bits per heavy atom. The zero-order chi connectivity index (χ0) is 18.4. The fourth-order valence-corrected chi connectivity index (χ4v) is 2.71. The fraction of sp³-hybridized carbons (Fsp3) is 0.150. The fourth-order valence-electron chi connectivity index (χ4n) is 2.71. The van der Waals surface area contributed by atoms with E-state index in [1.807, 2.05) is 48.5 Å². The number of carbonyl (C=O) groups is 2. The van der Waals surface area contributed by atoms with E-state index in [2.05, 4.69) is 20.8 Å². The maximum atomic E-state index is 12.5. The molecule has 2 amide bonds. The van der Waals surface area contributed by atoms with Gasteiger partial charge in [-0.15, -0.1) is 0 Å². The lowest BCUT2D eigenvalue weighted by Gasteiger charge is -2.07. The van der Waals surface area contributed by atoms with Crippen molar-refractivity contribution < 1.29 is 9.59 Å². The third-order valence-electron chi connectivity index (χ3n) is 4.06. The lowest BCUT2D eigenvalue weighted by Crippen LogP contribution is -2.26. The molecule has 3 rings (SSSR count). The van der Waals surface area contributed by atoms with E-state index in [-0.39, 0.29) is 11.8 Å². The van der Waals surface area contributed by atoms with E-state index < -0.39 is 0 Å². The highest BCUT2D eigenvalue weighted by Crippen LogP contribution is 2.20. The molecule has 0 spiro atoms. The van der Waals surface area contributed by atoms with Crippen LogP contribution < -0.4 is 10.6 Å². The number of hydrogen-bond donors (Lipinski definition) is 3. The highest BCUT2D eigenvalue weighted by Gasteiger charge is 2.14. The van der Waals surface area contributed by atoms with Crippen LogP contribution in [0.4, 0.5) is 0 Å². The Hall–Kier alpha value is -3.41. The van der Waals surface area contributed by atoms with Crippen molar-refractivity contribution in [2.45, 2.75) is 6.42 Å². The topological polar surface area (TPSA) is 86.9 Å². The van der Waals surface area contributed by atoms with Gasteiger partial charge in [-0.1, -0.05) is 42.5 Å². The number of benzene rings is 2. The van der Waals surface area contributed by atoms with Gasteiger partial charge in [0.15, 0.2) is 0 Å². The van der Waals surface area contributed by atoms with E-state index in [4.69, 9.17) is 0 Å². The summed E-state index contributed by atoms with van der Waals surface area (Å²) in [5.41, 5.74) is 3.72. The van der Waals surface area contributed by atoms with Gasteiger partial charge in [0, 0.05) is 24.7 Å². The summed E-state index contributed by atoms with van der Waals surface area (Å²) in [4.78, 5) is 24.2. The molecule has 0 saturated carbocycles. The van der Waals surface area contributed by atoms with Gasteiger partial charge in [-0.05, 0) is 24.1 Å². The van der Waals surface area contributed by atoms with Crippen LogP contribution in [0.15, 0.2) is 60.8 Å². The number of aromatic amines is 1. The molecule has 3 aromatic rings. The van der Waals surface area contributed by atoms with Crippen molar-refractivity contribution in [1.82, 2.24) is 20.8 Å². The van der Waals surface area contributed by atoms with Gasteiger partial charge in [-0.2, -0.15) is 5.10 Å². The van der Waals surface area contributed by atoms with Crippen molar-refractivity contribution in [2.75, 3.05) is 13.6 Å². The summed E-state index contributed by atoms with van der Waals surface area (Å²) in [5, 5.41) is 12.4. The largest absolute Gasteiger partial charge is 0.355 e. The molecule has 0 atom stereocenters. The van der Waals surface area contributed by atoms with Crippen molar-refractivity contribution in [3.63, 3.8) is 0 Å². The number of amides is 2. The van der Waals surface area contributed by atoms with Gasteiger partial charge in [0.05, 0.1) is 17.5 Å². The molecular formula is C20H20N4O2. The third kappa shape index (κ3) is 3.97. The first-order valence-electron chi connectivity index (χ1n) is 8.37. The molecule has 0 radical (unpaired) electrons. The summed E-state index contributed by atoms with van der Waals surface area (Å²) in [6.45, 7) is 0.468. The lowest BCUT2D eigenvalue weighted by molar-refractivity contribution is 0.0949. The van der Waals surface area contributed by atoms with Gasteiger partial charge >= 0.3 is 0 Å². The third-order valence-corrected chi connectivity index (χ3v) is 4.06. The first kappa shape index (κ1) is 17.4. The average Bonchev–Trinajstić information content (AvgIpc) is 3.18. The van der Waals surface area contributed by atoms with Gasteiger partial charge in [-0.25, -0.2) is 0 Å². The smallest absolute Gasteiger partial charge is 0.255 e. The highest BCUT2D eigenvalue weighted by atomic mass is 16.2. The molecule has 2 aromatic carbocycles. The molecule has 0 bridgehead atoms. The summed E-state index contributed by atoms with van der Waals surface area (Å²) in [7, 11) is 1.60. The number of H-pyrrole nitrogens is 1. The molecule has 3 N–H and O–H groups in total. The van der Waals surface area contributed by atoms with Crippen LogP contribution in [0.25, 0.3) is 11.3 Å². The van der Waals surface area contributed by atoms with Gasteiger partial charge in [0.2, 0.25) is 0 Å². The first-order valence-corrected chi connectivity index (χ1v) is 8.37. The molecule has 26 heavy (non-hydrogen) atoms. The number of aromatic nitrogens is 2. The highest BCUT2D eigenvalue weighted by molar-refractivity contribution is 5.99. The molecule has 0 aliphatic rings. The molecule has 0 aliphatic heterocycles. The number of nitrogens with zero attached hydrogens (tertiary/aromatic N) is 1. The Morgan fingerprint density at radius 3 is 2.62 bits per heavy atom. The summed E-state index contributed by atoms with van der Waals surface area (Å²) in [6, 6.07) is 17.0. The molecule has 1 aromatic heterocycles. The second kappa shape index (κ2) is 8.11. The molecule has 6 nitrogen and oxygen atoms in total. The minimum Gasteiger partial charge on any atom is -0.355 e. The van der Waals surface area contributed by atoms with E-state index in [1.165, 1.54) is 6.20 Å². The molecule has 6 heteroatoms. The van der Waals surface area contributed by atoms with Crippen molar-refractivity contribution in [3.8, 4) is 11.3 Å². The van der Waals surface area contributed by atoms with E-state index in [1.54, 1.807) is 13.1 Å². The predicted molar refractivity (Wildman–Crippen MR) is 99.9 cm³/mol. The van der Waals surface area contributed by atoms with Crippen LogP contribution in [0.5, 0.6) is 0 Å². The molecule has 0 unspecified atom stereocenters. The van der Waals surface area contributed by atoms with Gasteiger partial charge in [0.1, 0.15) is 0 Å². The number of rotatable bonds is 6. The minimum atomic E-state index is -0.181. The van der Waals surface area contributed by atoms with Gasteiger partial charge < -0.3 is 10.6 Å². The van der Waals surface area contributed by atoms with Crippen molar-refractivity contribution >= 4 is 11.8 Å². The van der Waals surface area contributed by atoms with Crippen molar-refractivity contribution in [2.24, 2.45) is 0 Å². The second-order valence-corrected chi connectivity index (χ2v) is 5.81. The molecule has 0 aliphatic carbocycles. The van der Waals surface area contributed by atoms with Crippen LogP contribution in [0.3, 0.4) is 0 Å². The Balaban J connectivity index is 1.62. The lowest BCUT2D eigenvalue weighted by atomic mass is 10.1. The summed E-state index contributed by atoms with van der Waals surface area (Å²) >= 11 is 0. The Bertz CT molecular complexity index is 903. The van der Waals surface area contributed by atoms with Crippen molar-refractivity contribution in [3.05, 3.63) is 77.5 Å². The van der Waals surface area contributed by atoms with E-state index in [0.29, 0.717) is 29.8 Å².